The quantitative estimate of drug-likeness (QED) is 0.357. The van der Waals surface area contributed by atoms with E-state index in [2.05, 4.69) is 20.1 Å². The normalized spacial score (nSPS) is 15.6. The number of aryl methyl sites for hydroxylation is 1. The second kappa shape index (κ2) is 7.58. The Morgan fingerprint density at radius 2 is 1.76 bits per heavy atom. The van der Waals surface area contributed by atoms with Crippen LogP contribution in [0.3, 0.4) is 0 Å². The molecule has 2 aromatic carbocycles. The number of H-pyrrole nitrogens is 1. The fourth-order valence-electron chi connectivity index (χ4n) is 4.54. The van der Waals surface area contributed by atoms with Crippen molar-refractivity contribution in [1.29, 1.82) is 0 Å². The summed E-state index contributed by atoms with van der Waals surface area (Å²) in [5, 5.41) is 4.41. The molecule has 5 aromatic rings. The topological polar surface area (TPSA) is 81.5 Å². The Balaban J connectivity index is 1.26. The van der Waals surface area contributed by atoms with Gasteiger partial charge in [0.05, 0.1) is 40.2 Å². The summed E-state index contributed by atoms with van der Waals surface area (Å²) in [7, 11) is 0. The maximum Gasteiger partial charge on any atom is 0.248 e. The summed E-state index contributed by atoms with van der Waals surface area (Å²) in [4.78, 5) is 16.9. The minimum atomic E-state index is -2.53. The lowest BCUT2D eigenvalue weighted by Crippen LogP contribution is -2.38. The van der Waals surface area contributed by atoms with Crippen LogP contribution in [0.5, 0.6) is 11.5 Å². The molecule has 0 unspecified atom stereocenters. The van der Waals surface area contributed by atoms with Crippen LogP contribution in [0.15, 0.2) is 48.8 Å². The Labute approximate surface area is 193 Å². The summed E-state index contributed by atoms with van der Waals surface area (Å²) in [5.41, 5.74) is 5.65. The molecule has 0 saturated heterocycles. The Hall–Kier alpha value is -3.88. The molecule has 3 heterocycles. The molecule has 0 spiro atoms. The molecule has 0 bridgehead atoms. The number of nitrogens with one attached hydrogen (secondary N) is 1. The van der Waals surface area contributed by atoms with Crippen LogP contribution in [-0.4, -0.2) is 35.6 Å². The van der Waals surface area contributed by atoms with E-state index in [1.54, 1.807) is 17.1 Å². The van der Waals surface area contributed by atoms with Crippen molar-refractivity contribution in [3.63, 3.8) is 0 Å². The minimum Gasteiger partial charge on any atom is -0.457 e. The van der Waals surface area contributed by atoms with Crippen molar-refractivity contribution >= 4 is 22.1 Å². The van der Waals surface area contributed by atoms with Gasteiger partial charge in [0.25, 0.3) is 0 Å². The van der Waals surface area contributed by atoms with Gasteiger partial charge in [0, 0.05) is 42.8 Å². The van der Waals surface area contributed by atoms with Crippen molar-refractivity contribution in [3.05, 3.63) is 60.3 Å². The summed E-state index contributed by atoms with van der Waals surface area (Å²) >= 11 is 0. The molecule has 6 rings (SSSR count). The van der Waals surface area contributed by atoms with E-state index in [-0.39, 0.29) is 18.8 Å². The smallest absolute Gasteiger partial charge is 0.248 e. The number of fused-ring (bicyclic) bond motifs is 2. The van der Waals surface area contributed by atoms with Gasteiger partial charge in [-0.1, -0.05) is 0 Å². The lowest BCUT2D eigenvalue weighted by atomic mass is 9.81. The second-order valence-electron chi connectivity index (χ2n) is 8.96. The van der Waals surface area contributed by atoms with Crippen LogP contribution < -0.4 is 4.74 Å². The highest BCUT2D eigenvalue weighted by Crippen LogP contribution is 2.43. The van der Waals surface area contributed by atoms with Gasteiger partial charge >= 0.3 is 0 Å². The zero-order valence-corrected chi connectivity index (χ0v) is 18.7. The molecule has 0 atom stereocenters. The highest BCUT2D eigenvalue weighted by molar-refractivity contribution is 5.79. The molecule has 7 nitrogen and oxygen atoms in total. The predicted molar refractivity (Wildman–Crippen MR) is 124 cm³/mol. The molecule has 1 saturated carbocycles. The monoisotopic (exact) mass is 460 g/mol. The first-order chi connectivity index (χ1) is 16.3. The van der Waals surface area contributed by atoms with Crippen LogP contribution in [-0.2, 0) is 6.54 Å². The van der Waals surface area contributed by atoms with Crippen LogP contribution in [0.4, 0.5) is 8.78 Å². The molecule has 34 heavy (non-hydrogen) atoms. The number of rotatable bonds is 5. The van der Waals surface area contributed by atoms with E-state index in [1.807, 2.05) is 50.2 Å². The summed E-state index contributed by atoms with van der Waals surface area (Å²) in [6.45, 7) is 4.33. The van der Waals surface area contributed by atoms with E-state index >= 15 is 0 Å². The first-order valence-corrected chi connectivity index (χ1v) is 11.1. The number of aromatic nitrogens is 6. The molecule has 1 aliphatic carbocycles. The fourth-order valence-corrected chi connectivity index (χ4v) is 4.54. The molecule has 172 valence electrons. The van der Waals surface area contributed by atoms with E-state index in [1.165, 1.54) is 0 Å². The van der Waals surface area contributed by atoms with Gasteiger partial charge in [-0.15, -0.1) is 0 Å². The van der Waals surface area contributed by atoms with Crippen molar-refractivity contribution in [2.24, 2.45) is 5.92 Å². The fraction of sp³-hybridized carbons (Fsp3) is 0.280. The molecule has 3 aromatic heterocycles. The van der Waals surface area contributed by atoms with Gasteiger partial charge < -0.3 is 9.72 Å². The number of nitrogens with zero attached hydrogens (tertiary/aromatic N) is 5. The van der Waals surface area contributed by atoms with Gasteiger partial charge in [0.15, 0.2) is 0 Å². The van der Waals surface area contributed by atoms with E-state index in [9.17, 15) is 8.78 Å². The van der Waals surface area contributed by atoms with E-state index in [4.69, 9.17) is 9.72 Å². The Morgan fingerprint density at radius 1 is 1.00 bits per heavy atom. The molecule has 0 radical (unpaired) electrons. The van der Waals surface area contributed by atoms with Crippen LogP contribution in [0.1, 0.15) is 24.4 Å². The third kappa shape index (κ3) is 3.76. The Kier molecular flexibility index (Phi) is 4.62. The second-order valence-corrected chi connectivity index (χ2v) is 8.96. The van der Waals surface area contributed by atoms with E-state index < -0.39 is 5.92 Å². The minimum absolute atomic E-state index is 0.0475. The largest absolute Gasteiger partial charge is 0.457 e. The third-order valence-corrected chi connectivity index (χ3v) is 6.31. The Morgan fingerprint density at radius 3 is 2.56 bits per heavy atom. The average molecular weight is 460 g/mol. The third-order valence-electron chi connectivity index (χ3n) is 6.31. The van der Waals surface area contributed by atoms with Crippen LogP contribution in [0.2, 0.25) is 0 Å². The van der Waals surface area contributed by atoms with Crippen LogP contribution in [0, 0.1) is 19.8 Å². The maximum atomic E-state index is 13.2. The van der Waals surface area contributed by atoms with Crippen molar-refractivity contribution in [2.45, 2.75) is 39.2 Å². The number of benzene rings is 2. The summed E-state index contributed by atoms with van der Waals surface area (Å²) in [6, 6.07) is 11.3. The first kappa shape index (κ1) is 20.7. The highest BCUT2D eigenvalue weighted by atomic mass is 19.3. The number of halogens is 2. The Bertz CT molecular complexity index is 1530. The lowest BCUT2D eigenvalue weighted by molar-refractivity contribution is -0.114. The standard InChI is InChI=1S/C25H22F2N6O/c1-14-19(11-29-33(14)13-16-9-25(26,27)10-16)24-12-28-20-5-3-17(7-22(20)32-24)34-18-4-6-21-23(8-18)31-15(2)30-21/h3-8,11-12,16H,9-10,13H2,1-2H3,(H,30,31). The molecular formula is C25H22F2N6O. The van der Waals surface area contributed by atoms with Crippen molar-refractivity contribution in [2.75, 3.05) is 0 Å². The number of hydrogen-bond donors (Lipinski definition) is 1. The number of hydrogen-bond acceptors (Lipinski definition) is 5. The maximum absolute atomic E-state index is 13.2. The first-order valence-electron chi connectivity index (χ1n) is 11.1. The van der Waals surface area contributed by atoms with Gasteiger partial charge in [-0.05, 0) is 44.0 Å². The van der Waals surface area contributed by atoms with Crippen molar-refractivity contribution < 1.29 is 13.5 Å². The summed E-state index contributed by atoms with van der Waals surface area (Å²) < 4.78 is 34.2. The lowest BCUT2D eigenvalue weighted by Gasteiger charge is -2.34. The highest BCUT2D eigenvalue weighted by Gasteiger charge is 2.45. The van der Waals surface area contributed by atoms with Crippen LogP contribution >= 0.6 is 0 Å². The molecule has 9 heteroatoms. The summed E-state index contributed by atoms with van der Waals surface area (Å²) in [5.74, 6) is -0.383. The number of alkyl halides is 2. The van der Waals surface area contributed by atoms with E-state index in [0.29, 0.717) is 29.3 Å². The zero-order chi connectivity index (χ0) is 23.4. The zero-order valence-electron chi connectivity index (χ0n) is 18.7. The van der Waals surface area contributed by atoms with Gasteiger partial charge in [-0.25, -0.2) is 18.7 Å². The van der Waals surface area contributed by atoms with Gasteiger partial charge in [0.2, 0.25) is 5.92 Å². The molecule has 0 amide bonds. The van der Waals surface area contributed by atoms with E-state index in [0.717, 1.165) is 33.6 Å². The molecule has 1 fully saturated rings. The molecular weight excluding hydrogens is 438 g/mol. The predicted octanol–water partition coefficient (Wildman–Crippen LogP) is 5.82. The van der Waals surface area contributed by atoms with Crippen molar-refractivity contribution in [1.82, 2.24) is 29.7 Å². The molecule has 0 aliphatic heterocycles. The number of ether oxygens (including phenoxy) is 1. The van der Waals surface area contributed by atoms with Gasteiger partial charge in [-0.2, -0.15) is 5.10 Å². The molecule has 1 N–H and O–H groups in total. The SMILES string of the molecule is Cc1nc2ccc(Oc3ccc4ncc(-c5cnn(CC6CC(F)(F)C6)c5C)nc4c3)cc2[nH]1. The van der Waals surface area contributed by atoms with Gasteiger partial charge in [0.1, 0.15) is 17.3 Å². The number of imidazole rings is 1. The molecule has 1 aliphatic rings. The summed E-state index contributed by atoms with van der Waals surface area (Å²) in [6.07, 6.45) is 3.29. The average Bonchev–Trinajstić information content (AvgIpc) is 3.33. The van der Waals surface area contributed by atoms with Crippen LogP contribution in [0.25, 0.3) is 33.3 Å². The number of aromatic amines is 1. The van der Waals surface area contributed by atoms with Crippen molar-refractivity contribution in [3.8, 4) is 22.8 Å². The van der Waals surface area contributed by atoms with Gasteiger partial charge in [-0.3, -0.25) is 9.67 Å².